The molecule has 2 heterocycles. The van der Waals surface area contributed by atoms with Gasteiger partial charge in [-0.2, -0.15) is 0 Å². The van der Waals surface area contributed by atoms with Crippen molar-refractivity contribution in [1.29, 1.82) is 0 Å². The molecule has 4 heteroatoms. The topological polar surface area (TPSA) is 61.0 Å². The highest BCUT2D eigenvalue weighted by molar-refractivity contribution is 5.61. The Morgan fingerprint density at radius 1 is 1.00 bits per heavy atom. The van der Waals surface area contributed by atoms with Gasteiger partial charge in [-0.15, -0.1) is 10.2 Å². The highest BCUT2D eigenvalue weighted by atomic mass is 16.5. The molecule has 0 saturated heterocycles. The number of anilines is 1. The highest BCUT2D eigenvalue weighted by Gasteiger charge is 2.12. The number of nitrogens with two attached hydrogens (primary N) is 1. The number of nitrogens with zero attached hydrogens (tertiary/aromatic N) is 2. The van der Waals surface area contributed by atoms with Gasteiger partial charge >= 0.3 is 0 Å². The van der Waals surface area contributed by atoms with E-state index < -0.39 is 0 Å². The average Bonchev–Trinajstić information content (AvgIpc) is 2.77. The summed E-state index contributed by atoms with van der Waals surface area (Å²) in [6, 6.07) is 9.85. The van der Waals surface area contributed by atoms with Gasteiger partial charge in [0.15, 0.2) is 0 Å². The molecule has 0 amide bonds. The van der Waals surface area contributed by atoms with E-state index in [1.807, 2.05) is 12.1 Å². The Balaban J connectivity index is 2.03. The summed E-state index contributed by atoms with van der Waals surface area (Å²) in [4.78, 5) is 0. The summed E-state index contributed by atoms with van der Waals surface area (Å²) in [7, 11) is 0. The van der Waals surface area contributed by atoms with Gasteiger partial charge in [-0.3, -0.25) is 0 Å². The maximum Gasteiger partial charge on any atom is 0.146 e. The number of benzene rings is 1. The molecule has 80 valence electrons. The maximum absolute atomic E-state index is 5.50. The first kappa shape index (κ1) is 9.30. The fourth-order valence-corrected chi connectivity index (χ4v) is 1.83. The molecule has 3 rings (SSSR count). The van der Waals surface area contributed by atoms with E-state index >= 15 is 0 Å². The van der Waals surface area contributed by atoms with Crippen LogP contribution in [-0.2, 0) is 18.0 Å². The SMILES string of the molecule is Nc1ccc(-c2ccc3c(c2)COC3)nn1. The molecule has 1 aromatic carbocycles. The summed E-state index contributed by atoms with van der Waals surface area (Å²) in [5.41, 5.74) is 9.88. The molecular weight excluding hydrogens is 202 g/mol. The van der Waals surface area contributed by atoms with Crippen molar-refractivity contribution < 1.29 is 4.74 Å². The standard InChI is InChI=1S/C12H11N3O/c13-12-4-3-11(14-15-12)8-1-2-9-6-16-7-10(9)5-8/h1-5H,6-7H2,(H2,13,15). The molecule has 2 aromatic rings. The Bertz CT molecular complexity index is 522. The van der Waals surface area contributed by atoms with Gasteiger partial charge in [0.1, 0.15) is 5.82 Å². The lowest BCUT2D eigenvalue weighted by Gasteiger charge is -2.02. The van der Waals surface area contributed by atoms with Crippen LogP contribution in [0.15, 0.2) is 30.3 Å². The third-order valence-electron chi connectivity index (χ3n) is 2.70. The summed E-state index contributed by atoms with van der Waals surface area (Å²) in [5.74, 6) is 0.438. The van der Waals surface area contributed by atoms with E-state index in [0.717, 1.165) is 11.3 Å². The van der Waals surface area contributed by atoms with E-state index in [0.29, 0.717) is 19.0 Å². The first-order valence-electron chi connectivity index (χ1n) is 5.12. The van der Waals surface area contributed by atoms with E-state index in [1.54, 1.807) is 6.07 Å². The first-order valence-corrected chi connectivity index (χ1v) is 5.12. The van der Waals surface area contributed by atoms with Gasteiger partial charge in [0.25, 0.3) is 0 Å². The van der Waals surface area contributed by atoms with Crippen LogP contribution in [0.1, 0.15) is 11.1 Å². The monoisotopic (exact) mass is 213 g/mol. The Labute approximate surface area is 93.1 Å². The average molecular weight is 213 g/mol. The minimum Gasteiger partial charge on any atom is -0.382 e. The van der Waals surface area contributed by atoms with E-state index in [9.17, 15) is 0 Å². The molecular formula is C12H11N3O. The second kappa shape index (κ2) is 3.57. The van der Waals surface area contributed by atoms with E-state index in [-0.39, 0.29) is 0 Å². The van der Waals surface area contributed by atoms with Gasteiger partial charge in [0.2, 0.25) is 0 Å². The molecule has 0 saturated carbocycles. The lowest BCUT2D eigenvalue weighted by Crippen LogP contribution is -1.94. The number of hydrogen-bond donors (Lipinski definition) is 1. The zero-order chi connectivity index (χ0) is 11.0. The zero-order valence-electron chi connectivity index (χ0n) is 8.68. The summed E-state index contributed by atoms with van der Waals surface area (Å²) in [6.45, 7) is 1.40. The number of rotatable bonds is 1. The molecule has 2 N–H and O–H groups in total. The largest absolute Gasteiger partial charge is 0.382 e. The van der Waals surface area contributed by atoms with Crippen LogP contribution < -0.4 is 5.73 Å². The summed E-state index contributed by atoms with van der Waals surface area (Å²) in [5, 5.41) is 7.90. The van der Waals surface area contributed by atoms with Gasteiger partial charge < -0.3 is 10.5 Å². The lowest BCUT2D eigenvalue weighted by molar-refractivity contribution is 0.134. The number of nitrogen functional groups attached to an aromatic ring is 1. The number of aromatic nitrogens is 2. The van der Waals surface area contributed by atoms with Gasteiger partial charge in [-0.1, -0.05) is 12.1 Å². The van der Waals surface area contributed by atoms with Crippen LogP contribution in [0.4, 0.5) is 5.82 Å². The van der Waals surface area contributed by atoms with Crippen LogP contribution in [0.5, 0.6) is 0 Å². The molecule has 16 heavy (non-hydrogen) atoms. The Kier molecular flexibility index (Phi) is 2.08. The number of ether oxygens (including phenoxy) is 1. The molecule has 0 spiro atoms. The molecule has 1 aliphatic rings. The molecule has 0 unspecified atom stereocenters. The quantitative estimate of drug-likeness (QED) is 0.784. The van der Waals surface area contributed by atoms with Crippen molar-refractivity contribution in [2.75, 3.05) is 5.73 Å². The molecule has 0 bridgehead atoms. The minimum atomic E-state index is 0.438. The molecule has 4 nitrogen and oxygen atoms in total. The van der Waals surface area contributed by atoms with Crippen molar-refractivity contribution >= 4 is 5.82 Å². The Hall–Kier alpha value is -1.94. The van der Waals surface area contributed by atoms with E-state index in [1.165, 1.54) is 11.1 Å². The summed E-state index contributed by atoms with van der Waals surface area (Å²) < 4.78 is 5.37. The molecule has 0 fully saturated rings. The van der Waals surface area contributed by atoms with Crippen LogP contribution in [0.3, 0.4) is 0 Å². The van der Waals surface area contributed by atoms with Crippen molar-refractivity contribution in [3.8, 4) is 11.3 Å². The summed E-state index contributed by atoms with van der Waals surface area (Å²) in [6.07, 6.45) is 0. The first-order chi connectivity index (χ1) is 7.83. The molecule has 0 aliphatic carbocycles. The predicted molar refractivity (Wildman–Crippen MR) is 60.4 cm³/mol. The van der Waals surface area contributed by atoms with Crippen molar-refractivity contribution in [1.82, 2.24) is 10.2 Å². The van der Waals surface area contributed by atoms with Crippen molar-refractivity contribution in [3.05, 3.63) is 41.5 Å². The van der Waals surface area contributed by atoms with Gasteiger partial charge in [0, 0.05) is 5.56 Å². The minimum absolute atomic E-state index is 0.438. The van der Waals surface area contributed by atoms with Crippen LogP contribution in [0, 0.1) is 0 Å². The normalized spacial score (nSPS) is 13.8. The third-order valence-corrected chi connectivity index (χ3v) is 2.70. The van der Waals surface area contributed by atoms with E-state index in [2.05, 4.69) is 22.3 Å². The molecule has 0 radical (unpaired) electrons. The Morgan fingerprint density at radius 2 is 1.88 bits per heavy atom. The van der Waals surface area contributed by atoms with Crippen molar-refractivity contribution in [2.24, 2.45) is 0 Å². The van der Waals surface area contributed by atoms with E-state index in [4.69, 9.17) is 10.5 Å². The number of hydrogen-bond acceptors (Lipinski definition) is 4. The van der Waals surface area contributed by atoms with Gasteiger partial charge in [-0.05, 0) is 29.3 Å². The Morgan fingerprint density at radius 3 is 2.69 bits per heavy atom. The van der Waals surface area contributed by atoms with Crippen LogP contribution in [0.25, 0.3) is 11.3 Å². The third kappa shape index (κ3) is 1.53. The number of fused-ring (bicyclic) bond motifs is 1. The summed E-state index contributed by atoms with van der Waals surface area (Å²) >= 11 is 0. The second-order valence-corrected chi connectivity index (χ2v) is 3.82. The molecule has 1 aliphatic heterocycles. The maximum atomic E-state index is 5.50. The zero-order valence-corrected chi connectivity index (χ0v) is 8.68. The fraction of sp³-hybridized carbons (Fsp3) is 0.167. The van der Waals surface area contributed by atoms with Gasteiger partial charge in [0.05, 0.1) is 18.9 Å². The predicted octanol–water partition coefficient (Wildman–Crippen LogP) is 1.76. The van der Waals surface area contributed by atoms with Crippen molar-refractivity contribution in [2.45, 2.75) is 13.2 Å². The van der Waals surface area contributed by atoms with Crippen LogP contribution in [-0.4, -0.2) is 10.2 Å². The lowest BCUT2D eigenvalue weighted by atomic mass is 10.0. The smallest absolute Gasteiger partial charge is 0.146 e. The van der Waals surface area contributed by atoms with Crippen molar-refractivity contribution in [3.63, 3.8) is 0 Å². The highest BCUT2D eigenvalue weighted by Crippen LogP contribution is 2.25. The molecule has 0 atom stereocenters. The molecule has 1 aromatic heterocycles. The fourth-order valence-electron chi connectivity index (χ4n) is 1.83. The van der Waals surface area contributed by atoms with Gasteiger partial charge in [-0.25, -0.2) is 0 Å². The second-order valence-electron chi connectivity index (χ2n) is 3.82. The van der Waals surface area contributed by atoms with Crippen LogP contribution in [0.2, 0.25) is 0 Å². The van der Waals surface area contributed by atoms with Crippen LogP contribution >= 0.6 is 0 Å².